The maximum absolute atomic E-state index is 12.8. The first-order valence-corrected chi connectivity index (χ1v) is 12.7. The molecule has 0 aliphatic carbocycles. The van der Waals surface area contributed by atoms with Gasteiger partial charge in [-0.15, -0.1) is 0 Å². The van der Waals surface area contributed by atoms with Gasteiger partial charge in [0, 0.05) is 25.3 Å². The minimum Gasteiger partial charge on any atom is -0.466 e. The molecule has 1 saturated heterocycles. The molecule has 8 nitrogen and oxygen atoms in total. The molecule has 3 aliphatic rings. The number of carbonyl (C=O) groups excluding carboxylic acids is 2. The minimum atomic E-state index is -0.391. The van der Waals surface area contributed by atoms with Crippen LogP contribution in [0.2, 0.25) is 0 Å². The number of thioether (sulfide) groups is 1. The first-order valence-electron chi connectivity index (χ1n) is 11.8. The Kier molecular flexibility index (Phi) is 8.42. The van der Waals surface area contributed by atoms with Crippen molar-refractivity contribution in [1.29, 1.82) is 0 Å². The second-order valence-corrected chi connectivity index (χ2v) is 9.18. The number of benzene rings is 1. The van der Waals surface area contributed by atoms with Crippen LogP contribution in [0.5, 0.6) is 0 Å². The molecule has 1 aromatic carbocycles. The van der Waals surface area contributed by atoms with Crippen LogP contribution >= 0.6 is 11.8 Å². The summed E-state index contributed by atoms with van der Waals surface area (Å²) in [5, 5.41) is 5.80. The number of amides is 1. The molecule has 1 N–H and O–H groups in total. The lowest BCUT2D eigenvalue weighted by atomic mass is 9.93. The molecule has 182 valence electrons. The Morgan fingerprint density at radius 3 is 2.71 bits per heavy atom. The number of amidine groups is 1. The summed E-state index contributed by atoms with van der Waals surface area (Å²) in [6.07, 6.45) is 1.74. The average molecular weight is 485 g/mol. The summed E-state index contributed by atoms with van der Waals surface area (Å²) in [5.74, 6) is -0.427. The van der Waals surface area contributed by atoms with Crippen molar-refractivity contribution in [2.45, 2.75) is 32.2 Å². The van der Waals surface area contributed by atoms with Gasteiger partial charge in [-0.2, -0.15) is 0 Å². The Morgan fingerprint density at radius 2 is 2.00 bits per heavy atom. The second kappa shape index (κ2) is 11.7. The highest BCUT2D eigenvalue weighted by atomic mass is 32.2. The van der Waals surface area contributed by atoms with Crippen molar-refractivity contribution in [2.75, 3.05) is 46.5 Å². The first kappa shape index (κ1) is 24.5. The zero-order valence-corrected chi connectivity index (χ0v) is 20.6. The number of morpholine rings is 1. The number of carbonyl (C=O) groups is 2. The molecule has 0 radical (unpaired) electrons. The van der Waals surface area contributed by atoms with Gasteiger partial charge in [0.1, 0.15) is 0 Å². The van der Waals surface area contributed by atoms with Crippen molar-refractivity contribution in [3.05, 3.63) is 58.3 Å². The summed E-state index contributed by atoms with van der Waals surface area (Å²) in [4.78, 5) is 34.8. The summed E-state index contributed by atoms with van der Waals surface area (Å²) in [5.41, 5.74) is 3.04. The number of methoxy groups -OCH3 is 1. The molecular formula is C25H32N4O4S. The monoisotopic (exact) mass is 484 g/mol. The van der Waals surface area contributed by atoms with Crippen molar-refractivity contribution >= 4 is 28.8 Å². The predicted octanol–water partition coefficient (Wildman–Crippen LogP) is 3.05. The molecule has 1 aromatic rings. The van der Waals surface area contributed by atoms with Gasteiger partial charge in [-0.1, -0.05) is 49.0 Å². The van der Waals surface area contributed by atoms with E-state index >= 15 is 0 Å². The van der Waals surface area contributed by atoms with Crippen molar-refractivity contribution in [1.82, 2.24) is 15.1 Å². The highest BCUT2D eigenvalue weighted by Gasteiger charge is 2.41. The van der Waals surface area contributed by atoms with E-state index in [1.807, 2.05) is 47.6 Å². The van der Waals surface area contributed by atoms with E-state index in [0.717, 1.165) is 61.4 Å². The summed E-state index contributed by atoms with van der Waals surface area (Å²) in [6, 6.07) is 9.46. The van der Waals surface area contributed by atoms with Gasteiger partial charge in [0.2, 0.25) is 5.91 Å². The van der Waals surface area contributed by atoms with E-state index in [4.69, 9.17) is 14.5 Å². The predicted molar refractivity (Wildman–Crippen MR) is 133 cm³/mol. The molecule has 3 aliphatic heterocycles. The summed E-state index contributed by atoms with van der Waals surface area (Å²) in [6.45, 7) is 7.03. The molecule has 1 atom stereocenters. The first-order chi connectivity index (χ1) is 16.6. The van der Waals surface area contributed by atoms with Crippen LogP contribution in [0.4, 0.5) is 0 Å². The van der Waals surface area contributed by atoms with E-state index in [-0.39, 0.29) is 18.4 Å². The zero-order valence-electron chi connectivity index (χ0n) is 19.8. The maximum Gasteiger partial charge on any atom is 0.338 e. The molecule has 3 heterocycles. The van der Waals surface area contributed by atoms with Crippen molar-refractivity contribution in [2.24, 2.45) is 4.99 Å². The Morgan fingerprint density at radius 1 is 1.24 bits per heavy atom. The number of ether oxygens (including phenoxy) is 2. The van der Waals surface area contributed by atoms with Crippen molar-refractivity contribution < 1.29 is 19.1 Å². The lowest BCUT2D eigenvalue weighted by Gasteiger charge is -2.36. The van der Waals surface area contributed by atoms with Crippen LogP contribution in [0.1, 0.15) is 37.8 Å². The van der Waals surface area contributed by atoms with E-state index in [1.54, 1.807) is 0 Å². The second-order valence-electron chi connectivity index (χ2n) is 8.34. The molecule has 4 rings (SSSR count). The van der Waals surface area contributed by atoms with Gasteiger partial charge in [-0.25, -0.2) is 9.79 Å². The van der Waals surface area contributed by atoms with Crippen LogP contribution in [0, 0.1) is 0 Å². The Hall–Kier alpha value is -2.62. The molecule has 9 heteroatoms. The lowest BCUT2D eigenvalue weighted by Crippen LogP contribution is -2.39. The minimum absolute atomic E-state index is 0.0354. The van der Waals surface area contributed by atoms with E-state index < -0.39 is 5.97 Å². The lowest BCUT2D eigenvalue weighted by molar-refractivity contribution is -0.136. The molecule has 1 amide bonds. The summed E-state index contributed by atoms with van der Waals surface area (Å²) < 4.78 is 10.5. The fourth-order valence-corrected chi connectivity index (χ4v) is 5.38. The van der Waals surface area contributed by atoms with E-state index in [2.05, 4.69) is 10.2 Å². The number of aliphatic imine (C=N–C) groups is 1. The third-order valence-electron chi connectivity index (χ3n) is 6.16. The van der Waals surface area contributed by atoms with Crippen LogP contribution in [-0.2, 0) is 19.1 Å². The third kappa shape index (κ3) is 5.54. The zero-order chi connectivity index (χ0) is 23.9. The highest BCUT2D eigenvalue weighted by molar-refractivity contribution is 8.16. The van der Waals surface area contributed by atoms with Crippen LogP contribution in [0.3, 0.4) is 0 Å². The third-order valence-corrected chi connectivity index (χ3v) is 7.05. The highest BCUT2D eigenvalue weighted by Crippen LogP contribution is 2.45. The molecule has 0 saturated carbocycles. The Balaban J connectivity index is 1.46. The van der Waals surface area contributed by atoms with Gasteiger partial charge in [0.25, 0.3) is 0 Å². The van der Waals surface area contributed by atoms with Gasteiger partial charge >= 0.3 is 5.97 Å². The Labute approximate surface area is 205 Å². The number of nitrogens with one attached hydrogen (secondary N) is 1. The molecule has 0 bridgehead atoms. The molecule has 0 spiro atoms. The number of allylic oxidation sites excluding steroid dienone is 1. The number of nitrogens with zero attached hydrogens (tertiary/aromatic N) is 3. The molecule has 0 unspecified atom stereocenters. The average Bonchev–Trinajstić information content (AvgIpc) is 3.28. The van der Waals surface area contributed by atoms with Gasteiger partial charge in [-0.3, -0.25) is 9.69 Å². The van der Waals surface area contributed by atoms with Crippen LogP contribution in [-0.4, -0.2) is 73.3 Å². The largest absolute Gasteiger partial charge is 0.466 e. The number of rotatable bonds is 9. The van der Waals surface area contributed by atoms with Gasteiger partial charge < -0.3 is 19.7 Å². The Bertz CT molecular complexity index is 986. The number of fused-ring (bicyclic) bond motifs is 1. The SMILES string of the molecule is CCC1=C(C(=O)OC)[C@@H](c2ccccc2)N2C(CC(=O)NCCCN3CCOCC3)=CSC2=N1. The normalized spacial score (nSPS) is 20.5. The molecule has 1 fully saturated rings. The number of hydrogen-bond acceptors (Lipinski definition) is 8. The standard InChI is InChI=1S/C25H32N4O4S/c1-3-20-22(24(31)32-2)23(18-8-5-4-6-9-18)29-19(17-34-25(29)27-20)16-21(30)26-10-7-11-28-12-14-33-15-13-28/h4-6,8-9,17,23H,3,7,10-16H2,1-2H3,(H,26,30)/t23-/m1/s1. The number of esters is 1. The molecule has 34 heavy (non-hydrogen) atoms. The van der Waals surface area contributed by atoms with Crippen LogP contribution in [0.25, 0.3) is 0 Å². The number of hydrogen-bond donors (Lipinski definition) is 1. The van der Waals surface area contributed by atoms with Crippen molar-refractivity contribution in [3.8, 4) is 0 Å². The van der Waals surface area contributed by atoms with Crippen LogP contribution < -0.4 is 5.32 Å². The fraction of sp³-hybridized carbons (Fsp3) is 0.480. The van der Waals surface area contributed by atoms with Gasteiger partial charge in [0.15, 0.2) is 5.17 Å². The molecular weight excluding hydrogens is 452 g/mol. The van der Waals surface area contributed by atoms with Gasteiger partial charge in [0.05, 0.1) is 44.1 Å². The smallest absolute Gasteiger partial charge is 0.338 e. The quantitative estimate of drug-likeness (QED) is 0.426. The maximum atomic E-state index is 12.8. The molecule has 0 aromatic heterocycles. The summed E-state index contributed by atoms with van der Waals surface area (Å²) >= 11 is 1.49. The van der Waals surface area contributed by atoms with E-state index in [1.165, 1.54) is 18.9 Å². The van der Waals surface area contributed by atoms with Crippen molar-refractivity contribution in [3.63, 3.8) is 0 Å². The van der Waals surface area contributed by atoms with Gasteiger partial charge in [-0.05, 0) is 30.4 Å². The summed E-state index contributed by atoms with van der Waals surface area (Å²) in [7, 11) is 1.39. The van der Waals surface area contributed by atoms with E-state index in [9.17, 15) is 9.59 Å². The fourth-order valence-electron chi connectivity index (χ4n) is 4.45. The van der Waals surface area contributed by atoms with E-state index in [0.29, 0.717) is 18.5 Å². The van der Waals surface area contributed by atoms with Crippen LogP contribution in [0.15, 0.2) is 57.7 Å². The topological polar surface area (TPSA) is 83.5 Å².